The largest absolute Gasteiger partial charge is 0.321 e. The average molecular weight is 216 g/mol. The highest BCUT2D eigenvalue weighted by molar-refractivity contribution is 5.24. The number of nitrogens with two attached hydrogens (primary N) is 1. The van der Waals surface area contributed by atoms with E-state index in [1.54, 1.807) is 0 Å². The predicted octanol–water partition coefficient (Wildman–Crippen LogP) is 3.63. The maximum Gasteiger partial charge on any atom is 0.0435 e. The van der Waals surface area contributed by atoms with Gasteiger partial charge in [-0.05, 0) is 42.9 Å². The second-order valence-electron chi connectivity index (χ2n) is 5.02. The SMILES string of the molecule is CCC(N)(c1c[c]ccc1)C1CCCCC1. The molecular weight excluding hydrogens is 194 g/mol. The number of hydrogen-bond acceptors (Lipinski definition) is 1. The minimum Gasteiger partial charge on any atom is -0.321 e. The Morgan fingerprint density at radius 1 is 1.38 bits per heavy atom. The van der Waals surface area contributed by atoms with Gasteiger partial charge in [0.05, 0.1) is 0 Å². The standard InChI is InChI=1S/C15H22N/c1-2-15(16,13-9-5-3-6-10-13)14-11-7-4-8-12-14/h3,5,9-10,14H,2,4,7-8,11-12,16H2,1H3. The highest BCUT2D eigenvalue weighted by Gasteiger charge is 2.35. The smallest absolute Gasteiger partial charge is 0.0435 e. The molecule has 1 aromatic rings. The summed E-state index contributed by atoms with van der Waals surface area (Å²) >= 11 is 0. The van der Waals surface area contributed by atoms with Crippen LogP contribution in [0, 0.1) is 12.0 Å². The Hall–Kier alpha value is -0.820. The Balaban J connectivity index is 2.24. The van der Waals surface area contributed by atoms with E-state index in [4.69, 9.17) is 5.73 Å². The first kappa shape index (κ1) is 11.7. The first-order valence-corrected chi connectivity index (χ1v) is 6.53. The molecule has 1 nitrogen and oxygen atoms in total. The van der Waals surface area contributed by atoms with Crippen LogP contribution in [0.15, 0.2) is 24.3 Å². The predicted molar refractivity (Wildman–Crippen MR) is 68.0 cm³/mol. The van der Waals surface area contributed by atoms with Crippen LogP contribution in [-0.2, 0) is 5.54 Å². The number of benzene rings is 1. The zero-order chi connectivity index (χ0) is 11.4. The molecule has 0 spiro atoms. The average Bonchev–Trinajstić information content (AvgIpc) is 2.40. The third-order valence-corrected chi connectivity index (χ3v) is 4.16. The van der Waals surface area contributed by atoms with Crippen molar-refractivity contribution in [2.24, 2.45) is 11.7 Å². The number of rotatable bonds is 3. The molecule has 0 saturated heterocycles. The molecule has 16 heavy (non-hydrogen) atoms. The summed E-state index contributed by atoms with van der Waals surface area (Å²) in [6, 6.07) is 11.4. The summed E-state index contributed by atoms with van der Waals surface area (Å²) in [6.07, 6.45) is 7.69. The van der Waals surface area contributed by atoms with Crippen LogP contribution >= 0.6 is 0 Å². The molecule has 0 aliphatic heterocycles. The van der Waals surface area contributed by atoms with Gasteiger partial charge in [0.25, 0.3) is 0 Å². The molecule has 0 aromatic heterocycles. The van der Waals surface area contributed by atoms with Crippen LogP contribution in [0.3, 0.4) is 0 Å². The lowest BCUT2D eigenvalue weighted by molar-refractivity contribution is 0.199. The third-order valence-electron chi connectivity index (χ3n) is 4.16. The van der Waals surface area contributed by atoms with Crippen LogP contribution in [0.2, 0.25) is 0 Å². The van der Waals surface area contributed by atoms with Gasteiger partial charge in [-0.1, -0.05) is 44.4 Å². The van der Waals surface area contributed by atoms with Crippen molar-refractivity contribution in [2.45, 2.75) is 51.0 Å². The lowest BCUT2D eigenvalue weighted by Crippen LogP contribution is -2.44. The Morgan fingerprint density at radius 2 is 2.12 bits per heavy atom. The maximum atomic E-state index is 6.67. The van der Waals surface area contributed by atoms with Gasteiger partial charge >= 0.3 is 0 Å². The molecule has 2 rings (SSSR count). The van der Waals surface area contributed by atoms with E-state index in [1.807, 2.05) is 6.07 Å². The molecule has 0 heterocycles. The summed E-state index contributed by atoms with van der Waals surface area (Å²) in [5.41, 5.74) is 7.81. The Bertz CT molecular complexity index is 313. The van der Waals surface area contributed by atoms with Crippen LogP contribution in [0.25, 0.3) is 0 Å². The summed E-state index contributed by atoms with van der Waals surface area (Å²) < 4.78 is 0. The zero-order valence-corrected chi connectivity index (χ0v) is 10.2. The van der Waals surface area contributed by atoms with Gasteiger partial charge in [-0.25, -0.2) is 0 Å². The van der Waals surface area contributed by atoms with Crippen LogP contribution in [0.4, 0.5) is 0 Å². The summed E-state index contributed by atoms with van der Waals surface area (Å²) in [5.74, 6) is 0.655. The molecule has 0 amide bonds. The van der Waals surface area contributed by atoms with E-state index < -0.39 is 0 Å². The van der Waals surface area contributed by atoms with Gasteiger partial charge in [-0.3, -0.25) is 0 Å². The first-order valence-electron chi connectivity index (χ1n) is 6.53. The van der Waals surface area contributed by atoms with E-state index in [9.17, 15) is 0 Å². The van der Waals surface area contributed by atoms with E-state index >= 15 is 0 Å². The van der Waals surface area contributed by atoms with Crippen molar-refractivity contribution in [3.8, 4) is 0 Å². The van der Waals surface area contributed by atoms with Crippen LogP contribution in [0.1, 0.15) is 51.0 Å². The van der Waals surface area contributed by atoms with Crippen molar-refractivity contribution in [3.63, 3.8) is 0 Å². The summed E-state index contributed by atoms with van der Waals surface area (Å²) in [4.78, 5) is 0. The molecule has 1 unspecified atom stereocenters. The van der Waals surface area contributed by atoms with Crippen molar-refractivity contribution in [1.82, 2.24) is 0 Å². The first-order chi connectivity index (χ1) is 7.77. The molecule has 1 aliphatic rings. The number of hydrogen-bond donors (Lipinski definition) is 1. The normalized spacial score (nSPS) is 21.6. The van der Waals surface area contributed by atoms with Gasteiger partial charge in [0.1, 0.15) is 0 Å². The fourth-order valence-electron chi connectivity index (χ4n) is 3.03. The van der Waals surface area contributed by atoms with Gasteiger partial charge in [0.15, 0.2) is 0 Å². The molecule has 1 heteroatoms. The van der Waals surface area contributed by atoms with Gasteiger partial charge in [-0.15, -0.1) is 0 Å². The Labute approximate surface area is 99.0 Å². The molecule has 0 bridgehead atoms. The van der Waals surface area contributed by atoms with E-state index in [0.29, 0.717) is 5.92 Å². The third kappa shape index (κ3) is 2.15. The van der Waals surface area contributed by atoms with Gasteiger partial charge in [0, 0.05) is 5.54 Å². The minimum atomic E-state index is -0.127. The van der Waals surface area contributed by atoms with Crippen LogP contribution in [-0.4, -0.2) is 0 Å². The molecule has 1 aliphatic carbocycles. The van der Waals surface area contributed by atoms with E-state index in [1.165, 1.54) is 37.7 Å². The highest BCUT2D eigenvalue weighted by Crippen LogP contribution is 2.39. The van der Waals surface area contributed by atoms with Gasteiger partial charge in [-0.2, -0.15) is 0 Å². The van der Waals surface area contributed by atoms with Crippen LogP contribution in [0.5, 0.6) is 0 Å². The van der Waals surface area contributed by atoms with E-state index in [0.717, 1.165) is 6.42 Å². The van der Waals surface area contributed by atoms with E-state index in [2.05, 4.69) is 31.2 Å². The second kappa shape index (κ2) is 5.01. The fourth-order valence-corrected chi connectivity index (χ4v) is 3.03. The molecule has 2 N–H and O–H groups in total. The molecule has 87 valence electrons. The summed E-state index contributed by atoms with van der Waals surface area (Å²) in [5, 5.41) is 0. The summed E-state index contributed by atoms with van der Waals surface area (Å²) in [7, 11) is 0. The quantitative estimate of drug-likeness (QED) is 0.820. The lowest BCUT2D eigenvalue weighted by Gasteiger charge is -2.39. The Kier molecular flexibility index (Phi) is 3.65. The zero-order valence-electron chi connectivity index (χ0n) is 10.2. The summed E-state index contributed by atoms with van der Waals surface area (Å²) in [6.45, 7) is 2.21. The molecule has 1 saturated carbocycles. The Morgan fingerprint density at radius 3 is 2.69 bits per heavy atom. The van der Waals surface area contributed by atoms with Crippen molar-refractivity contribution in [1.29, 1.82) is 0 Å². The molecule has 1 radical (unpaired) electrons. The molecule has 1 atom stereocenters. The van der Waals surface area contributed by atoms with Crippen molar-refractivity contribution in [3.05, 3.63) is 35.9 Å². The second-order valence-corrected chi connectivity index (χ2v) is 5.02. The minimum absolute atomic E-state index is 0.127. The maximum absolute atomic E-state index is 6.67. The van der Waals surface area contributed by atoms with Gasteiger partial charge < -0.3 is 5.73 Å². The fraction of sp³-hybridized carbons (Fsp3) is 0.600. The van der Waals surface area contributed by atoms with Crippen molar-refractivity contribution in [2.75, 3.05) is 0 Å². The molecule has 1 aromatic carbocycles. The van der Waals surface area contributed by atoms with Crippen molar-refractivity contribution >= 4 is 0 Å². The topological polar surface area (TPSA) is 26.0 Å². The lowest BCUT2D eigenvalue weighted by atomic mass is 9.70. The monoisotopic (exact) mass is 216 g/mol. The molecular formula is C15H22N. The van der Waals surface area contributed by atoms with Gasteiger partial charge in [0.2, 0.25) is 0 Å². The molecule has 1 fully saturated rings. The van der Waals surface area contributed by atoms with Crippen LogP contribution < -0.4 is 5.73 Å². The van der Waals surface area contributed by atoms with E-state index in [-0.39, 0.29) is 5.54 Å². The van der Waals surface area contributed by atoms with Crippen molar-refractivity contribution < 1.29 is 0 Å². The highest BCUT2D eigenvalue weighted by atomic mass is 14.8.